The Kier molecular flexibility index (Phi) is 3.24. The third-order valence-electron chi connectivity index (χ3n) is 3.03. The molecule has 88 valence electrons. The molecule has 1 N–H and O–H groups in total. The summed E-state index contributed by atoms with van der Waals surface area (Å²) in [7, 11) is 1.61. The molecule has 0 aromatic carbocycles. The number of likely N-dealkylation sites (tertiary alicyclic amines) is 1. The zero-order valence-electron chi connectivity index (χ0n) is 9.69. The van der Waals surface area contributed by atoms with Gasteiger partial charge in [-0.05, 0) is 12.5 Å². The zero-order valence-corrected chi connectivity index (χ0v) is 9.69. The maximum absolute atomic E-state index is 11.6. The first kappa shape index (κ1) is 11.1. The quantitative estimate of drug-likeness (QED) is 0.816. The number of hydrogen-bond acceptors (Lipinski definition) is 3. The molecule has 0 bridgehead atoms. The van der Waals surface area contributed by atoms with E-state index in [2.05, 4.69) is 10.2 Å². The highest BCUT2D eigenvalue weighted by atomic mass is 16.5. The van der Waals surface area contributed by atoms with Crippen LogP contribution >= 0.6 is 0 Å². The molecule has 0 radical (unpaired) electrons. The van der Waals surface area contributed by atoms with E-state index in [1.54, 1.807) is 7.11 Å². The number of carbonyl (C=O) groups excluding carboxylic acids is 1. The van der Waals surface area contributed by atoms with Crippen molar-refractivity contribution in [1.29, 1.82) is 0 Å². The van der Waals surface area contributed by atoms with Crippen LogP contribution < -0.4 is 0 Å². The van der Waals surface area contributed by atoms with Gasteiger partial charge >= 0.3 is 0 Å². The molecule has 1 aliphatic heterocycles. The first-order chi connectivity index (χ1) is 7.72. The van der Waals surface area contributed by atoms with Crippen LogP contribution in [0.4, 0.5) is 0 Å². The second kappa shape index (κ2) is 4.65. The molecule has 0 aliphatic carbocycles. The van der Waals surface area contributed by atoms with E-state index in [0.717, 1.165) is 18.8 Å². The Labute approximate surface area is 94.8 Å². The minimum Gasteiger partial charge on any atom is -0.384 e. The third kappa shape index (κ3) is 2.09. The van der Waals surface area contributed by atoms with Gasteiger partial charge in [-0.1, -0.05) is 0 Å². The normalized spacial score (nSPS) is 16.2. The van der Waals surface area contributed by atoms with Crippen LogP contribution in [0.2, 0.25) is 0 Å². The van der Waals surface area contributed by atoms with Crippen LogP contribution in [0.3, 0.4) is 0 Å². The van der Waals surface area contributed by atoms with Gasteiger partial charge in [0.25, 0.3) is 0 Å². The van der Waals surface area contributed by atoms with Crippen molar-refractivity contribution in [3.8, 4) is 0 Å². The third-order valence-corrected chi connectivity index (χ3v) is 3.03. The average molecular weight is 223 g/mol. The summed E-state index contributed by atoms with van der Waals surface area (Å²) >= 11 is 0. The number of amides is 1. The van der Waals surface area contributed by atoms with Gasteiger partial charge in [-0.2, -0.15) is 5.10 Å². The largest absolute Gasteiger partial charge is 0.384 e. The molecule has 0 spiro atoms. The average Bonchev–Trinajstić information content (AvgIpc) is 2.60. The lowest BCUT2D eigenvalue weighted by Crippen LogP contribution is -2.49. The number of rotatable bonds is 4. The number of carbonyl (C=O) groups is 1. The van der Waals surface area contributed by atoms with Gasteiger partial charge < -0.3 is 9.64 Å². The van der Waals surface area contributed by atoms with E-state index in [1.807, 2.05) is 18.0 Å². The number of nitrogens with one attached hydrogen (secondary N) is 1. The Morgan fingerprint density at radius 2 is 2.44 bits per heavy atom. The summed E-state index contributed by atoms with van der Waals surface area (Å²) in [5.74, 6) is 0.601. The van der Waals surface area contributed by atoms with Crippen LogP contribution in [0, 0.1) is 6.92 Å². The Bertz CT molecular complexity index is 369. The van der Waals surface area contributed by atoms with Gasteiger partial charge in [-0.25, -0.2) is 0 Å². The second-order valence-electron chi connectivity index (χ2n) is 4.21. The van der Waals surface area contributed by atoms with Crippen molar-refractivity contribution in [2.24, 2.45) is 0 Å². The van der Waals surface area contributed by atoms with Crippen molar-refractivity contribution in [2.75, 3.05) is 26.8 Å². The van der Waals surface area contributed by atoms with E-state index in [4.69, 9.17) is 4.74 Å². The van der Waals surface area contributed by atoms with Crippen LogP contribution in [0.5, 0.6) is 0 Å². The lowest BCUT2D eigenvalue weighted by molar-refractivity contribution is -0.136. The van der Waals surface area contributed by atoms with Crippen molar-refractivity contribution >= 4 is 5.91 Å². The van der Waals surface area contributed by atoms with Gasteiger partial charge in [0, 0.05) is 31.8 Å². The number of nitrogens with zero attached hydrogens (tertiary/aromatic N) is 2. The van der Waals surface area contributed by atoms with Crippen LogP contribution in [-0.2, 0) is 9.53 Å². The summed E-state index contributed by atoms with van der Waals surface area (Å²) in [6, 6.07) is 0. The predicted molar refractivity (Wildman–Crippen MR) is 59.1 cm³/mol. The molecule has 1 amide bonds. The molecule has 0 unspecified atom stereocenters. The van der Waals surface area contributed by atoms with Crippen molar-refractivity contribution < 1.29 is 9.53 Å². The van der Waals surface area contributed by atoms with Crippen molar-refractivity contribution in [2.45, 2.75) is 19.3 Å². The number of ether oxygens (including phenoxy) is 1. The van der Waals surface area contributed by atoms with E-state index >= 15 is 0 Å². The van der Waals surface area contributed by atoms with E-state index < -0.39 is 0 Å². The first-order valence-electron chi connectivity index (χ1n) is 5.49. The smallest absolute Gasteiger partial charge is 0.224 e. The Morgan fingerprint density at radius 1 is 1.69 bits per heavy atom. The van der Waals surface area contributed by atoms with Crippen molar-refractivity contribution in [1.82, 2.24) is 15.1 Å². The fraction of sp³-hybridized carbons (Fsp3) is 0.636. The number of hydrogen-bond donors (Lipinski definition) is 1. The molecular weight excluding hydrogens is 206 g/mol. The molecule has 0 saturated carbocycles. The predicted octanol–water partition coefficient (Wildman–Crippen LogP) is 0.680. The summed E-state index contributed by atoms with van der Waals surface area (Å²) in [6.07, 6.45) is 2.30. The molecule has 5 heteroatoms. The minimum absolute atomic E-state index is 0.176. The lowest BCUT2D eigenvalue weighted by Gasteiger charge is -2.39. The summed E-state index contributed by atoms with van der Waals surface area (Å²) < 4.78 is 4.89. The van der Waals surface area contributed by atoms with Crippen LogP contribution in [0.15, 0.2) is 6.20 Å². The van der Waals surface area contributed by atoms with E-state index in [0.29, 0.717) is 18.9 Å². The summed E-state index contributed by atoms with van der Waals surface area (Å²) in [6.45, 7) is 4.13. The maximum Gasteiger partial charge on any atom is 0.224 e. The molecule has 1 aromatic rings. The highest BCUT2D eigenvalue weighted by Gasteiger charge is 2.32. The zero-order chi connectivity index (χ0) is 11.5. The molecule has 1 saturated heterocycles. The number of H-pyrrole nitrogens is 1. The molecule has 16 heavy (non-hydrogen) atoms. The van der Waals surface area contributed by atoms with Gasteiger partial charge in [0.05, 0.1) is 19.2 Å². The Hall–Kier alpha value is -1.36. The maximum atomic E-state index is 11.6. The minimum atomic E-state index is 0.176. The first-order valence-corrected chi connectivity index (χ1v) is 5.49. The van der Waals surface area contributed by atoms with Crippen molar-refractivity contribution in [3.05, 3.63) is 17.5 Å². The molecule has 1 fully saturated rings. The molecular formula is C11H17N3O2. The van der Waals surface area contributed by atoms with Gasteiger partial charge in [0.1, 0.15) is 0 Å². The van der Waals surface area contributed by atoms with Gasteiger partial charge in [-0.3, -0.25) is 9.89 Å². The number of aromatic nitrogens is 2. The van der Waals surface area contributed by atoms with Gasteiger partial charge in [0.2, 0.25) is 5.91 Å². The summed E-state index contributed by atoms with van der Waals surface area (Å²) in [5, 5.41) is 6.99. The van der Waals surface area contributed by atoms with E-state index in [-0.39, 0.29) is 5.91 Å². The molecule has 1 aliphatic rings. The second-order valence-corrected chi connectivity index (χ2v) is 4.21. The Morgan fingerprint density at radius 3 is 3.00 bits per heavy atom. The molecule has 0 atom stereocenters. The number of aromatic amines is 1. The SMILES string of the molecule is COCCC(=O)N1CC(c2[nH]ncc2C)C1. The van der Waals surface area contributed by atoms with Crippen LogP contribution in [-0.4, -0.2) is 47.8 Å². The molecule has 1 aromatic heterocycles. The van der Waals surface area contributed by atoms with Crippen LogP contribution in [0.1, 0.15) is 23.6 Å². The number of methoxy groups -OCH3 is 1. The van der Waals surface area contributed by atoms with E-state index in [9.17, 15) is 4.79 Å². The molecule has 2 heterocycles. The van der Waals surface area contributed by atoms with Crippen LogP contribution in [0.25, 0.3) is 0 Å². The summed E-state index contributed by atoms with van der Waals surface area (Å²) in [4.78, 5) is 13.5. The van der Waals surface area contributed by atoms with E-state index in [1.165, 1.54) is 5.56 Å². The lowest BCUT2D eigenvalue weighted by atomic mass is 9.94. The number of aryl methyl sites for hydroxylation is 1. The summed E-state index contributed by atoms with van der Waals surface area (Å²) in [5.41, 5.74) is 2.34. The monoisotopic (exact) mass is 223 g/mol. The highest BCUT2D eigenvalue weighted by Crippen LogP contribution is 2.27. The molecule has 2 rings (SSSR count). The topological polar surface area (TPSA) is 58.2 Å². The van der Waals surface area contributed by atoms with Gasteiger partial charge in [0.15, 0.2) is 0 Å². The fourth-order valence-corrected chi connectivity index (χ4v) is 1.98. The van der Waals surface area contributed by atoms with Gasteiger partial charge in [-0.15, -0.1) is 0 Å². The standard InChI is InChI=1S/C11H17N3O2/c1-8-5-12-13-11(8)9-6-14(7-9)10(15)3-4-16-2/h5,9H,3-4,6-7H2,1-2H3,(H,12,13). The fourth-order valence-electron chi connectivity index (χ4n) is 1.98. The van der Waals surface area contributed by atoms with Crippen molar-refractivity contribution in [3.63, 3.8) is 0 Å². The highest BCUT2D eigenvalue weighted by molar-refractivity contribution is 5.77. The molecule has 5 nitrogen and oxygen atoms in total. The Balaban J connectivity index is 1.82.